The molecule has 0 saturated carbocycles. The van der Waals surface area contributed by atoms with Crippen molar-refractivity contribution in [3.8, 4) is 0 Å². The number of nitrogens with zero attached hydrogens (tertiary/aromatic N) is 2. The van der Waals surface area contributed by atoms with Crippen LogP contribution in [0.2, 0.25) is 0 Å². The highest BCUT2D eigenvalue weighted by Gasteiger charge is 2.27. The van der Waals surface area contributed by atoms with Crippen LogP contribution in [0.25, 0.3) is 0 Å². The molecular weight excluding hydrogens is 274 g/mol. The van der Waals surface area contributed by atoms with Crippen LogP contribution in [0.5, 0.6) is 0 Å². The quantitative estimate of drug-likeness (QED) is 0.642. The minimum Gasteiger partial charge on any atom is -0.393 e. The van der Waals surface area contributed by atoms with Gasteiger partial charge in [-0.1, -0.05) is 0 Å². The average Bonchev–Trinajstić information content (AvgIpc) is 2.46. The lowest BCUT2D eigenvalue weighted by Crippen LogP contribution is -2.37. The number of nitro benzene ring substituents is 1. The molecule has 1 heterocycles. The number of carbonyl (C=O) groups excluding carboxylic acids is 1. The van der Waals surface area contributed by atoms with E-state index in [0.29, 0.717) is 18.8 Å². The molecule has 1 aliphatic heterocycles. The third kappa shape index (κ3) is 3.30. The Morgan fingerprint density at radius 3 is 2.57 bits per heavy atom. The van der Waals surface area contributed by atoms with Gasteiger partial charge >= 0.3 is 0 Å². The molecule has 1 atom stereocenters. The fraction of sp³-hybridized carbons (Fsp3) is 0.500. The normalized spacial score (nSPS) is 17.5. The summed E-state index contributed by atoms with van der Waals surface area (Å²) in [4.78, 5) is 23.8. The van der Waals surface area contributed by atoms with Crippen molar-refractivity contribution in [3.05, 3.63) is 33.9 Å². The Labute approximate surface area is 122 Å². The molecule has 0 radical (unpaired) electrons. The lowest BCUT2D eigenvalue weighted by Gasteiger charge is -2.34. The first-order valence-corrected chi connectivity index (χ1v) is 6.91. The molecule has 7 heteroatoms. The van der Waals surface area contributed by atoms with Crippen LogP contribution in [0, 0.1) is 16.0 Å². The molecule has 0 aromatic heterocycles. The second-order valence-corrected chi connectivity index (χ2v) is 5.39. The third-order valence-corrected chi connectivity index (χ3v) is 4.02. The van der Waals surface area contributed by atoms with Gasteiger partial charge < -0.3 is 15.7 Å². The Bertz CT molecular complexity index is 551. The maximum absolute atomic E-state index is 11.3. The maximum atomic E-state index is 11.3. The van der Waals surface area contributed by atoms with Crippen molar-refractivity contribution in [1.29, 1.82) is 0 Å². The summed E-state index contributed by atoms with van der Waals surface area (Å²) in [6, 6.07) is 4.16. The number of aliphatic hydroxyl groups excluding tert-OH is 1. The number of hydrogen-bond donors (Lipinski definition) is 2. The Balaban J connectivity index is 2.27. The fourth-order valence-corrected chi connectivity index (χ4v) is 2.71. The molecule has 1 aromatic carbocycles. The largest absolute Gasteiger partial charge is 0.393 e. The highest BCUT2D eigenvalue weighted by Crippen LogP contribution is 2.33. The first kappa shape index (κ1) is 15.2. The topological polar surface area (TPSA) is 110 Å². The lowest BCUT2D eigenvalue weighted by atomic mass is 9.92. The fourth-order valence-electron chi connectivity index (χ4n) is 2.71. The van der Waals surface area contributed by atoms with Crippen LogP contribution in [0.4, 0.5) is 11.4 Å². The van der Waals surface area contributed by atoms with Crippen LogP contribution in [0.15, 0.2) is 18.2 Å². The summed E-state index contributed by atoms with van der Waals surface area (Å²) in [7, 11) is 0. The number of benzene rings is 1. The molecule has 1 amide bonds. The first-order valence-electron chi connectivity index (χ1n) is 6.91. The van der Waals surface area contributed by atoms with Gasteiger partial charge in [-0.05, 0) is 37.8 Å². The predicted octanol–water partition coefficient (Wildman–Crippen LogP) is 1.29. The Morgan fingerprint density at radius 1 is 1.48 bits per heavy atom. The SMILES string of the molecule is CC(O)C1CCN(c2cc(C(N)=O)ccc2[N+](=O)[O-])CC1. The van der Waals surface area contributed by atoms with E-state index in [1.54, 1.807) is 6.92 Å². The average molecular weight is 293 g/mol. The van der Waals surface area contributed by atoms with Crippen LogP contribution in [0.3, 0.4) is 0 Å². The van der Waals surface area contributed by atoms with Gasteiger partial charge in [0.25, 0.3) is 5.69 Å². The minimum atomic E-state index is -0.606. The van der Waals surface area contributed by atoms with Gasteiger partial charge in [0, 0.05) is 24.7 Å². The van der Waals surface area contributed by atoms with Crippen LogP contribution in [0.1, 0.15) is 30.1 Å². The van der Waals surface area contributed by atoms with Crippen LogP contribution in [-0.4, -0.2) is 35.1 Å². The highest BCUT2D eigenvalue weighted by molar-refractivity contribution is 5.94. The van der Waals surface area contributed by atoms with Crippen molar-refractivity contribution in [2.45, 2.75) is 25.9 Å². The van der Waals surface area contributed by atoms with Gasteiger partial charge in [0.2, 0.25) is 5.91 Å². The standard InChI is InChI=1S/C14H19N3O4/c1-9(18)10-4-6-16(7-5-10)13-8-11(14(15)19)2-3-12(13)17(20)21/h2-3,8-10,18H,4-7H2,1H3,(H2,15,19). The zero-order valence-electron chi connectivity index (χ0n) is 11.9. The number of amides is 1. The maximum Gasteiger partial charge on any atom is 0.292 e. The van der Waals surface area contributed by atoms with Crippen molar-refractivity contribution in [2.24, 2.45) is 11.7 Å². The van der Waals surface area contributed by atoms with Gasteiger partial charge in [-0.25, -0.2) is 0 Å². The second kappa shape index (κ2) is 6.09. The van der Waals surface area contributed by atoms with E-state index in [9.17, 15) is 20.0 Å². The number of piperidine rings is 1. The molecule has 1 aromatic rings. The molecule has 1 unspecified atom stereocenters. The Morgan fingerprint density at radius 2 is 2.10 bits per heavy atom. The third-order valence-electron chi connectivity index (χ3n) is 4.02. The van der Waals surface area contributed by atoms with Gasteiger partial charge in [0.05, 0.1) is 11.0 Å². The Kier molecular flexibility index (Phi) is 4.42. The van der Waals surface area contributed by atoms with Gasteiger partial charge in [-0.3, -0.25) is 14.9 Å². The molecule has 21 heavy (non-hydrogen) atoms. The number of nitro groups is 1. The van der Waals surface area contributed by atoms with Crippen molar-refractivity contribution in [3.63, 3.8) is 0 Å². The molecule has 1 aliphatic rings. The lowest BCUT2D eigenvalue weighted by molar-refractivity contribution is -0.384. The number of carbonyl (C=O) groups is 1. The molecule has 0 spiro atoms. The molecule has 7 nitrogen and oxygen atoms in total. The van der Waals surface area contributed by atoms with Crippen molar-refractivity contribution in [1.82, 2.24) is 0 Å². The summed E-state index contributed by atoms with van der Waals surface area (Å²) in [5.41, 5.74) is 5.88. The molecule has 114 valence electrons. The van der Waals surface area contributed by atoms with Crippen molar-refractivity contribution < 1.29 is 14.8 Å². The number of nitrogens with two attached hydrogens (primary N) is 1. The van der Waals surface area contributed by atoms with E-state index in [1.807, 2.05) is 4.90 Å². The minimum absolute atomic E-state index is 0.0319. The second-order valence-electron chi connectivity index (χ2n) is 5.39. The summed E-state index contributed by atoms with van der Waals surface area (Å²) in [5, 5.41) is 20.7. The zero-order chi connectivity index (χ0) is 15.6. The highest BCUT2D eigenvalue weighted by atomic mass is 16.6. The van der Waals surface area contributed by atoms with Crippen molar-refractivity contribution in [2.75, 3.05) is 18.0 Å². The monoisotopic (exact) mass is 293 g/mol. The van der Waals surface area contributed by atoms with E-state index in [2.05, 4.69) is 0 Å². The van der Waals surface area contributed by atoms with E-state index < -0.39 is 10.8 Å². The molecule has 1 fully saturated rings. The van der Waals surface area contributed by atoms with Gasteiger partial charge in [0.1, 0.15) is 5.69 Å². The summed E-state index contributed by atoms with van der Waals surface area (Å²) in [6.07, 6.45) is 1.14. The number of rotatable bonds is 4. The summed E-state index contributed by atoms with van der Waals surface area (Å²) >= 11 is 0. The molecule has 0 bridgehead atoms. The predicted molar refractivity (Wildman–Crippen MR) is 78.2 cm³/mol. The molecule has 0 aliphatic carbocycles. The summed E-state index contributed by atoms with van der Waals surface area (Å²) in [5.74, 6) is -0.398. The number of aliphatic hydroxyl groups is 1. The molecule has 1 saturated heterocycles. The van der Waals surface area contributed by atoms with Crippen molar-refractivity contribution >= 4 is 17.3 Å². The van der Waals surface area contributed by atoms with E-state index in [4.69, 9.17) is 5.73 Å². The van der Waals surface area contributed by atoms with Gasteiger partial charge in [-0.2, -0.15) is 0 Å². The zero-order valence-corrected chi connectivity index (χ0v) is 11.9. The van der Waals surface area contributed by atoms with Crippen LogP contribution < -0.4 is 10.6 Å². The van der Waals surface area contributed by atoms with Crippen LogP contribution >= 0.6 is 0 Å². The van der Waals surface area contributed by atoms with E-state index in [1.165, 1.54) is 18.2 Å². The number of anilines is 1. The Hall–Kier alpha value is -2.15. The number of primary amides is 1. The number of hydrogen-bond acceptors (Lipinski definition) is 5. The molecule has 2 rings (SSSR count). The van der Waals surface area contributed by atoms with E-state index >= 15 is 0 Å². The molecular formula is C14H19N3O4. The summed E-state index contributed by atoms with van der Waals surface area (Å²) in [6.45, 7) is 2.98. The first-order chi connectivity index (χ1) is 9.90. The van der Waals surface area contributed by atoms with Crippen LogP contribution in [-0.2, 0) is 0 Å². The van der Waals surface area contributed by atoms with Gasteiger partial charge in [0.15, 0.2) is 0 Å². The summed E-state index contributed by atoms with van der Waals surface area (Å²) < 4.78 is 0. The van der Waals surface area contributed by atoms with E-state index in [-0.39, 0.29) is 23.3 Å². The van der Waals surface area contributed by atoms with E-state index in [0.717, 1.165) is 12.8 Å². The molecule has 3 N–H and O–H groups in total. The smallest absolute Gasteiger partial charge is 0.292 e. The van der Waals surface area contributed by atoms with Gasteiger partial charge in [-0.15, -0.1) is 0 Å².